The molecule has 6 nitrogen and oxygen atoms in total. The molecule has 1 fully saturated rings. The molecule has 3 aromatic carbocycles. The molecule has 5 rings (SSSR count). The Kier molecular flexibility index (Phi) is 8.75. The number of likely N-dealkylation sites (tertiary alicyclic amines) is 1. The lowest BCUT2D eigenvalue weighted by atomic mass is 9.86. The number of hydrogen-bond acceptors (Lipinski definition) is 6. The summed E-state index contributed by atoms with van der Waals surface area (Å²) in [6.45, 7) is 4.60. The highest BCUT2D eigenvalue weighted by Crippen LogP contribution is 2.33. The number of nitrogens with zero attached hydrogens (tertiary/aromatic N) is 3. The highest BCUT2D eigenvalue weighted by molar-refractivity contribution is 5.86. The van der Waals surface area contributed by atoms with Crippen LogP contribution < -0.4 is 4.74 Å². The van der Waals surface area contributed by atoms with Gasteiger partial charge in [0.25, 0.3) is 5.89 Å². The van der Waals surface area contributed by atoms with E-state index in [0.717, 1.165) is 31.5 Å². The lowest BCUT2D eigenvalue weighted by Crippen LogP contribution is -2.40. The number of fused-ring (bicyclic) bond motifs is 1. The van der Waals surface area contributed by atoms with Crippen molar-refractivity contribution < 1.29 is 14.4 Å². The molecule has 1 atom stereocenters. The van der Waals surface area contributed by atoms with Gasteiger partial charge in [-0.2, -0.15) is 4.98 Å². The van der Waals surface area contributed by atoms with Crippen LogP contribution in [0.1, 0.15) is 41.6 Å². The largest absolute Gasteiger partial charge is 0.490 e. The maximum absolute atomic E-state index is 10.7. The minimum absolute atomic E-state index is 0. The van der Waals surface area contributed by atoms with Crippen molar-refractivity contribution in [2.45, 2.75) is 31.8 Å². The van der Waals surface area contributed by atoms with Gasteiger partial charge in [0.2, 0.25) is 0 Å². The van der Waals surface area contributed by atoms with Gasteiger partial charge in [0.05, 0.1) is 0 Å². The molecule has 4 aromatic rings. The first kappa shape index (κ1) is 25.9. The minimum Gasteiger partial charge on any atom is -0.490 e. The average molecular weight is 506 g/mol. The Bertz CT molecular complexity index is 1290. The molecule has 0 radical (unpaired) electrons. The van der Waals surface area contributed by atoms with Crippen molar-refractivity contribution in [3.8, 4) is 5.75 Å². The SMILES string of the molecule is Cc1noc(/C=C/c2ccccc2OC[C@@H](O)CN2CCC(c3cccc4ccccc34)CC2)n1.Cl. The highest BCUT2D eigenvalue weighted by Gasteiger charge is 2.23. The van der Waals surface area contributed by atoms with Crippen molar-refractivity contribution in [1.29, 1.82) is 0 Å². The summed E-state index contributed by atoms with van der Waals surface area (Å²) in [4.78, 5) is 6.53. The Morgan fingerprint density at radius 3 is 2.58 bits per heavy atom. The average Bonchev–Trinajstić information content (AvgIpc) is 3.32. The topological polar surface area (TPSA) is 71.6 Å². The summed E-state index contributed by atoms with van der Waals surface area (Å²) in [5, 5.41) is 17.1. The van der Waals surface area contributed by atoms with E-state index in [4.69, 9.17) is 9.26 Å². The van der Waals surface area contributed by atoms with Gasteiger partial charge in [-0.1, -0.05) is 65.8 Å². The summed E-state index contributed by atoms with van der Waals surface area (Å²) < 4.78 is 11.1. The Hall–Kier alpha value is -3.19. The van der Waals surface area contributed by atoms with Gasteiger partial charge >= 0.3 is 0 Å². The number of ether oxygens (including phenoxy) is 1. The smallest absolute Gasteiger partial charge is 0.250 e. The van der Waals surface area contributed by atoms with Crippen LogP contribution in [0.15, 0.2) is 71.3 Å². The van der Waals surface area contributed by atoms with Crippen molar-refractivity contribution in [1.82, 2.24) is 15.0 Å². The molecule has 1 aliphatic rings. The monoisotopic (exact) mass is 505 g/mol. The van der Waals surface area contributed by atoms with E-state index >= 15 is 0 Å². The van der Waals surface area contributed by atoms with Gasteiger partial charge in [-0.3, -0.25) is 0 Å². The fourth-order valence-electron chi connectivity index (χ4n) is 4.86. The van der Waals surface area contributed by atoms with Crippen LogP contribution in [0.4, 0.5) is 0 Å². The zero-order valence-corrected chi connectivity index (χ0v) is 21.2. The second-order valence-electron chi connectivity index (χ2n) is 9.16. The van der Waals surface area contributed by atoms with Crippen LogP contribution in [0.5, 0.6) is 5.75 Å². The summed E-state index contributed by atoms with van der Waals surface area (Å²) >= 11 is 0. The van der Waals surface area contributed by atoms with Crippen LogP contribution in [-0.4, -0.2) is 52.5 Å². The lowest BCUT2D eigenvalue weighted by molar-refractivity contribution is 0.0594. The van der Waals surface area contributed by atoms with E-state index in [-0.39, 0.29) is 19.0 Å². The van der Waals surface area contributed by atoms with E-state index in [1.54, 1.807) is 13.0 Å². The molecule has 7 heteroatoms. The molecule has 188 valence electrons. The quantitative estimate of drug-likeness (QED) is 0.329. The number of piperidine rings is 1. The van der Waals surface area contributed by atoms with E-state index in [0.29, 0.717) is 29.9 Å². The summed E-state index contributed by atoms with van der Waals surface area (Å²) in [5.41, 5.74) is 2.35. The molecule has 0 unspecified atom stereocenters. The van der Waals surface area contributed by atoms with E-state index < -0.39 is 6.10 Å². The number of aromatic nitrogens is 2. The number of halogens is 1. The fourth-order valence-corrected chi connectivity index (χ4v) is 4.86. The Labute approximate surface area is 218 Å². The van der Waals surface area contributed by atoms with Gasteiger partial charge in [-0.05, 0) is 67.3 Å². The third kappa shape index (κ3) is 6.32. The summed E-state index contributed by atoms with van der Waals surface area (Å²) in [5.74, 6) is 2.32. The lowest BCUT2D eigenvalue weighted by Gasteiger charge is -2.33. The van der Waals surface area contributed by atoms with Crippen molar-refractivity contribution in [2.75, 3.05) is 26.2 Å². The Balaban J connectivity index is 0.00000304. The maximum atomic E-state index is 10.7. The number of hydrogen-bond donors (Lipinski definition) is 1. The van der Waals surface area contributed by atoms with Gasteiger partial charge in [0, 0.05) is 18.2 Å². The number of β-amino-alcohol motifs (C(OH)–C–C–N with tert-alkyl or cyclic N) is 1. The molecule has 0 saturated carbocycles. The van der Waals surface area contributed by atoms with Crippen molar-refractivity contribution in [3.63, 3.8) is 0 Å². The van der Waals surface area contributed by atoms with Crippen LogP contribution in [0, 0.1) is 6.92 Å². The third-order valence-corrected chi connectivity index (χ3v) is 6.62. The van der Waals surface area contributed by atoms with Gasteiger partial charge in [-0.15, -0.1) is 12.4 Å². The van der Waals surface area contributed by atoms with Crippen LogP contribution in [0.25, 0.3) is 22.9 Å². The zero-order chi connectivity index (χ0) is 24.0. The van der Waals surface area contributed by atoms with Crippen molar-refractivity contribution in [2.24, 2.45) is 0 Å². The standard InChI is InChI=1S/C29H31N3O3.ClH/c1-21-30-29(35-31-21)14-13-24-8-3-5-12-28(24)34-20-25(33)19-32-17-15-23(16-18-32)27-11-6-9-22-7-2-4-10-26(22)27;/h2-14,23,25,33H,15-20H2,1H3;1H/b14-13+;/t25-;/m0./s1. The Morgan fingerprint density at radius 1 is 1.03 bits per heavy atom. The summed E-state index contributed by atoms with van der Waals surface area (Å²) in [6, 6.07) is 23.0. The number of aryl methyl sites for hydroxylation is 1. The molecule has 0 bridgehead atoms. The van der Waals surface area contributed by atoms with Crippen LogP contribution >= 0.6 is 12.4 Å². The molecular formula is C29H32ClN3O3. The van der Waals surface area contributed by atoms with E-state index in [2.05, 4.69) is 57.5 Å². The molecule has 36 heavy (non-hydrogen) atoms. The fraction of sp³-hybridized carbons (Fsp3) is 0.310. The number of rotatable bonds is 8. The van der Waals surface area contributed by atoms with Gasteiger partial charge in [0.1, 0.15) is 18.5 Å². The maximum Gasteiger partial charge on any atom is 0.250 e. The molecule has 1 aliphatic heterocycles. The number of benzene rings is 3. The normalized spacial score (nSPS) is 15.7. The molecule has 2 heterocycles. The van der Waals surface area contributed by atoms with Crippen LogP contribution in [0.2, 0.25) is 0 Å². The van der Waals surface area contributed by atoms with Gasteiger partial charge in [-0.25, -0.2) is 0 Å². The first-order chi connectivity index (χ1) is 17.2. The molecular weight excluding hydrogens is 474 g/mol. The van der Waals surface area contributed by atoms with E-state index in [1.165, 1.54) is 16.3 Å². The highest BCUT2D eigenvalue weighted by atomic mass is 35.5. The zero-order valence-electron chi connectivity index (χ0n) is 20.4. The predicted molar refractivity (Wildman–Crippen MR) is 146 cm³/mol. The van der Waals surface area contributed by atoms with Crippen LogP contribution in [-0.2, 0) is 0 Å². The molecule has 1 aromatic heterocycles. The third-order valence-electron chi connectivity index (χ3n) is 6.62. The summed E-state index contributed by atoms with van der Waals surface area (Å²) in [7, 11) is 0. The predicted octanol–water partition coefficient (Wildman–Crippen LogP) is 5.74. The summed E-state index contributed by atoms with van der Waals surface area (Å²) in [6.07, 6.45) is 5.29. The molecule has 0 amide bonds. The van der Waals surface area contributed by atoms with E-state index in [1.807, 2.05) is 30.3 Å². The number of aliphatic hydroxyl groups is 1. The molecule has 0 spiro atoms. The van der Waals surface area contributed by atoms with E-state index in [9.17, 15) is 5.11 Å². The second-order valence-corrected chi connectivity index (χ2v) is 9.16. The second kappa shape index (κ2) is 12.2. The Morgan fingerprint density at radius 2 is 1.78 bits per heavy atom. The number of aliphatic hydroxyl groups excluding tert-OH is 1. The first-order valence-corrected chi connectivity index (χ1v) is 12.2. The van der Waals surface area contributed by atoms with Crippen LogP contribution in [0.3, 0.4) is 0 Å². The van der Waals surface area contributed by atoms with Crippen molar-refractivity contribution >= 4 is 35.3 Å². The molecule has 1 N–H and O–H groups in total. The number of para-hydroxylation sites is 1. The van der Waals surface area contributed by atoms with Crippen molar-refractivity contribution in [3.05, 3.63) is 89.6 Å². The first-order valence-electron chi connectivity index (χ1n) is 12.2. The van der Waals surface area contributed by atoms with Gasteiger partial charge in [0.15, 0.2) is 5.82 Å². The molecule has 0 aliphatic carbocycles. The minimum atomic E-state index is -0.556. The molecule has 1 saturated heterocycles. The van der Waals surface area contributed by atoms with Gasteiger partial charge < -0.3 is 19.3 Å².